The summed E-state index contributed by atoms with van der Waals surface area (Å²) in [5.41, 5.74) is 0.973. The molecule has 0 bridgehead atoms. The van der Waals surface area contributed by atoms with Gasteiger partial charge >= 0.3 is 10.2 Å². The first kappa shape index (κ1) is 12.8. The molecule has 2 rings (SSSR count). The molecular weight excluding hydrogens is 254 g/mol. The highest BCUT2D eigenvalue weighted by atomic mass is 32.2. The smallest absolute Gasteiger partial charge is 0.304 e. The average molecular weight is 269 g/mol. The van der Waals surface area contributed by atoms with Gasteiger partial charge in [-0.3, -0.25) is 0 Å². The predicted molar refractivity (Wildman–Crippen MR) is 68.3 cm³/mol. The van der Waals surface area contributed by atoms with Crippen molar-refractivity contribution in [2.24, 2.45) is 4.99 Å². The molecule has 0 saturated carbocycles. The topological polar surface area (TPSA) is 71.0 Å². The first-order valence-corrected chi connectivity index (χ1v) is 6.89. The van der Waals surface area contributed by atoms with E-state index in [0.717, 1.165) is 9.87 Å². The van der Waals surface area contributed by atoms with Crippen LogP contribution >= 0.6 is 0 Å². The molecule has 0 saturated heterocycles. The summed E-state index contributed by atoms with van der Waals surface area (Å²) in [4.78, 5) is 4.04. The molecule has 1 aliphatic heterocycles. The Morgan fingerprint density at radius 2 is 2.00 bits per heavy atom. The lowest BCUT2D eigenvalue weighted by Crippen LogP contribution is -2.39. The molecule has 6 nitrogen and oxygen atoms in total. The number of hydrogen-bond donors (Lipinski definition) is 1. The molecule has 1 unspecified atom stereocenters. The SMILES string of the molecule is CN(C)S(=O)(=O)NC1=NCC(c2ccccc2)O1. The fourth-order valence-electron chi connectivity index (χ4n) is 1.47. The van der Waals surface area contributed by atoms with Crippen molar-refractivity contribution >= 4 is 16.2 Å². The molecule has 1 aromatic rings. The second kappa shape index (κ2) is 4.95. The standard InChI is InChI=1S/C11H15N3O3S/c1-14(2)18(15,16)13-11-12-8-10(17-11)9-6-4-3-5-7-9/h3-7,10H,8H2,1-2H3,(H,12,13). The Morgan fingerprint density at radius 3 is 2.61 bits per heavy atom. The van der Waals surface area contributed by atoms with Crippen LogP contribution in [0, 0.1) is 0 Å². The van der Waals surface area contributed by atoms with Crippen molar-refractivity contribution in [2.45, 2.75) is 6.10 Å². The van der Waals surface area contributed by atoms with Crippen LogP contribution in [0.1, 0.15) is 11.7 Å². The van der Waals surface area contributed by atoms with E-state index in [-0.39, 0.29) is 12.1 Å². The summed E-state index contributed by atoms with van der Waals surface area (Å²) >= 11 is 0. The molecule has 1 aromatic carbocycles. The fourth-order valence-corrected chi connectivity index (χ4v) is 1.99. The van der Waals surface area contributed by atoms with Crippen molar-refractivity contribution in [3.8, 4) is 0 Å². The number of amidine groups is 1. The van der Waals surface area contributed by atoms with E-state index in [9.17, 15) is 8.42 Å². The van der Waals surface area contributed by atoms with E-state index in [0.29, 0.717) is 6.54 Å². The van der Waals surface area contributed by atoms with Gasteiger partial charge in [0.1, 0.15) is 6.10 Å². The van der Waals surface area contributed by atoms with E-state index < -0.39 is 10.2 Å². The van der Waals surface area contributed by atoms with Crippen molar-refractivity contribution in [3.05, 3.63) is 35.9 Å². The minimum absolute atomic E-state index is 0.0394. The van der Waals surface area contributed by atoms with Crippen LogP contribution in [0.4, 0.5) is 0 Å². The Morgan fingerprint density at radius 1 is 1.33 bits per heavy atom. The highest BCUT2D eigenvalue weighted by molar-refractivity contribution is 7.87. The van der Waals surface area contributed by atoms with Gasteiger partial charge in [0.25, 0.3) is 6.02 Å². The molecule has 1 N–H and O–H groups in total. The van der Waals surface area contributed by atoms with Gasteiger partial charge in [0, 0.05) is 14.1 Å². The van der Waals surface area contributed by atoms with Gasteiger partial charge in [-0.2, -0.15) is 12.7 Å². The molecule has 7 heteroatoms. The zero-order valence-corrected chi connectivity index (χ0v) is 11.0. The lowest BCUT2D eigenvalue weighted by molar-refractivity contribution is 0.223. The van der Waals surface area contributed by atoms with Crippen LogP contribution in [-0.2, 0) is 14.9 Å². The maximum Gasteiger partial charge on any atom is 0.304 e. The predicted octanol–water partition coefficient (Wildman–Crippen LogP) is 0.510. The van der Waals surface area contributed by atoms with Gasteiger partial charge in [0.2, 0.25) is 0 Å². The molecule has 1 aliphatic rings. The minimum Gasteiger partial charge on any atom is -0.454 e. The first-order valence-electron chi connectivity index (χ1n) is 5.45. The van der Waals surface area contributed by atoms with Gasteiger partial charge < -0.3 is 4.74 Å². The largest absolute Gasteiger partial charge is 0.454 e. The maximum atomic E-state index is 11.6. The Balaban J connectivity index is 2.01. The van der Waals surface area contributed by atoms with Crippen LogP contribution in [-0.4, -0.2) is 39.4 Å². The molecular formula is C11H15N3O3S. The van der Waals surface area contributed by atoms with E-state index >= 15 is 0 Å². The number of hydrogen-bond acceptors (Lipinski definition) is 4. The second-order valence-corrected chi connectivity index (χ2v) is 5.94. The van der Waals surface area contributed by atoms with Crippen LogP contribution in [0.3, 0.4) is 0 Å². The third kappa shape index (κ3) is 2.80. The van der Waals surface area contributed by atoms with Crippen molar-refractivity contribution in [3.63, 3.8) is 0 Å². The third-order valence-corrected chi connectivity index (χ3v) is 3.92. The van der Waals surface area contributed by atoms with Crippen LogP contribution in [0.25, 0.3) is 0 Å². The van der Waals surface area contributed by atoms with Crippen LogP contribution in [0.5, 0.6) is 0 Å². The molecule has 1 heterocycles. The summed E-state index contributed by atoms with van der Waals surface area (Å²) in [6.45, 7) is 0.412. The summed E-state index contributed by atoms with van der Waals surface area (Å²) in [5.74, 6) is 0. The minimum atomic E-state index is -3.56. The summed E-state index contributed by atoms with van der Waals surface area (Å²) in [5, 5.41) is 0. The molecule has 0 aromatic heterocycles. The number of nitrogens with zero attached hydrogens (tertiary/aromatic N) is 2. The molecule has 18 heavy (non-hydrogen) atoms. The summed E-state index contributed by atoms with van der Waals surface area (Å²) < 4.78 is 32.0. The normalized spacial score (nSPS) is 19.5. The highest BCUT2D eigenvalue weighted by Crippen LogP contribution is 2.21. The molecule has 0 aliphatic carbocycles. The number of nitrogens with one attached hydrogen (secondary N) is 1. The summed E-state index contributed by atoms with van der Waals surface area (Å²) in [6.07, 6.45) is -0.230. The molecule has 0 fully saturated rings. The maximum absolute atomic E-state index is 11.6. The van der Waals surface area contributed by atoms with E-state index in [1.165, 1.54) is 14.1 Å². The van der Waals surface area contributed by atoms with Crippen LogP contribution in [0.2, 0.25) is 0 Å². The first-order chi connectivity index (χ1) is 8.49. The molecule has 1 atom stereocenters. The second-order valence-electron chi connectivity index (χ2n) is 4.05. The fraction of sp³-hybridized carbons (Fsp3) is 0.364. The monoisotopic (exact) mass is 269 g/mol. The van der Waals surface area contributed by atoms with Crippen LogP contribution < -0.4 is 4.72 Å². The highest BCUT2D eigenvalue weighted by Gasteiger charge is 2.25. The van der Waals surface area contributed by atoms with Crippen molar-refractivity contribution in [2.75, 3.05) is 20.6 Å². The zero-order chi connectivity index (χ0) is 13.2. The number of benzene rings is 1. The molecule has 98 valence electrons. The number of ether oxygens (including phenoxy) is 1. The van der Waals surface area contributed by atoms with E-state index in [1.807, 2.05) is 30.3 Å². The summed E-state index contributed by atoms with van der Waals surface area (Å²) in [7, 11) is -0.686. The van der Waals surface area contributed by atoms with E-state index in [2.05, 4.69) is 9.71 Å². The third-order valence-electron chi connectivity index (χ3n) is 2.52. The van der Waals surface area contributed by atoms with Gasteiger partial charge in [-0.1, -0.05) is 30.3 Å². The quantitative estimate of drug-likeness (QED) is 0.869. The number of aliphatic imine (C=N–C) groups is 1. The van der Waals surface area contributed by atoms with Crippen molar-refractivity contribution < 1.29 is 13.2 Å². The van der Waals surface area contributed by atoms with Gasteiger partial charge in [0.15, 0.2) is 0 Å². The Hall–Kier alpha value is -1.60. The lowest BCUT2D eigenvalue weighted by Gasteiger charge is -2.15. The van der Waals surface area contributed by atoms with Crippen LogP contribution in [0.15, 0.2) is 35.3 Å². The van der Waals surface area contributed by atoms with E-state index in [1.54, 1.807) is 0 Å². The van der Waals surface area contributed by atoms with Gasteiger partial charge in [-0.05, 0) is 5.56 Å². The zero-order valence-electron chi connectivity index (χ0n) is 10.2. The van der Waals surface area contributed by atoms with Gasteiger partial charge in [-0.15, -0.1) is 0 Å². The summed E-state index contributed by atoms with van der Waals surface area (Å²) in [6, 6.07) is 9.60. The van der Waals surface area contributed by atoms with Crippen molar-refractivity contribution in [1.82, 2.24) is 9.03 Å². The average Bonchev–Trinajstić information content (AvgIpc) is 2.78. The van der Waals surface area contributed by atoms with Crippen molar-refractivity contribution in [1.29, 1.82) is 0 Å². The Labute approximate surface area is 106 Å². The number of rotatable bonds is 3. The Bertz CT molecular complexity index is 540. The molecule has 0 spiro atoms. The van der Waals surface area contributed by atoms with Gasteiger partial charge in [0.05, 0.1) is 6.54 Å². The molecule has 0 amide bonds. The Kier molecular flexibility index (Phi) is 3.53. The lowest BCUT2D eigenvalue weighted by atomic mass is 10.1. The van der Waals surface area contributed by atoms with Gasteiger partial charge in [-0.25, -0.2) is 9.71 Å². The molecule has 0 radical (unpaired) electrons. The van der Waals surface area contributed by atoms with E-state index in [4.69, 9.17) is 4.74 Å².